The van der Waals surface area contributed by atoms with Crippen molar-refractivity contribution in [3.8, 4) is 11.3 Å². The average molecular weight is 254 g/mol. The van der Waals surface area contributed by atoms with Gasteiger partial charge in [0.15, 0.2) is 5.15 Å². The van der Waals surface area contributed by atoms with Crippen molar-refractivity contribution in [3.63, 3.8) is 0 Å². The lowest BCUT2D eigenvalue weighted by Crippen LogP contribution is -2.08. The second kappa shape index (κ2) is 4.85. The third-order valence-electron chi connectivity index (χ3n) is 2.61. The Labute approximate surface area is 104 Å². The summed E-state index contributed by atoms with van der Waals surface area (Å²) in [5.74, 6) is 0.511. The van der Waals surface area contributed by atoms with Gasteiger partial charge in [-0.05, 0) is 18.7 Å². The van der Waals surface area contributed by atoms with Crippen molar-refractivity contribution in [1.82, 2.24) is 9.55 Å². The molecule has 0 aliphatic heterocycles. The van der Waals surface area contributed by atoms with Crippen LogP contribution in [0.4, 0.5) is 4.39 Å². The Morgan fingerprint density at radius 2 is 2.24 bits per heavy atom. The lowest BCUT2D eigenvalue weighted by atomic mass is 10.1. The maximum Gasteiger partial charge on any atom is 0.155 e. The van der Waals surface area contributed by atoms with Crippen molar-refractivity contribution in [2.24, 2.45) is 12.8 Å². The number of hydrogen-bond acceptors (Lipinski definition) is 2. The van der Waals surface area contributed by atoms with Crippen LogP contribution in [0.2, 0.25) is 5.15 Å². The van der Waals surface area contributed by atoms with E-state index in [0.717, 1.165) is 11.5 Å². The molecule has 0 spiro atoms. The zero-order valence-electron chi connectivity index (χ0n) is 9.45. The summed E-state index contributed by atoms with van der Waals surface area (Å²) in [5, 5.41) is 0.376. The number of halogens is 2. The molecule has 1 aromatic carbocycles. The van der Waals surface area contributed by atoms with E-state index >= 15 is 0 Å². The summed E-state index contributed by atoms with van der Waals surface area (Å²) in [4.78, 5) is 4.23. The Hall–Kier alpha value is -1.39. The lowest BCUT2D eigenvalue weighted by Gasteiger charge is -2.05. The summed E-state index contributed by atoms with van der Waals surface area (Å²) in [6.07, 6.45) is 0.644. The number of benzene rings is 1. The van der Waals surface area contributed by atoms with Crippen LogP contribution in [-0.4, -0.2) is 16.1 Å². The number of nitrogens with two attached hydrogens (primary N) is 1. The minimum absolute atomic E-state index is 0.292. The summed E-state index contributed by atoms with van der Waals surface area (Å²) in [6, 6.07) is 6.29. The number of imidazole rings is 1. The van der Waals surface area contributed by atoms with Gasteiger partial charge in [-0.25, -0.2) is 9.37 Å². The van der Waals surface area contributed by atoms with E-state index in [9.17, 15) is 4.39 Å². The fourth-order valence-corrected chi connectivity index (χ4v) is 2.14. The van der Waals surface area contributed by atoms with Gasteiger partial charge in [0.1, 0.15) is 11.6 Å². The lowest BCUT2D eigenvalue weighted by molar-refractivity contribution is 0.628. The van der Waals surface area contributed by atoms with Crippen LogP contribution in [0.15, 0.2) is 24.3 Å². The first-order valence-electron chi connectivity index (χ1n) is 5.30. The van der Waals surface area contributed by atoms with Gasteiger partial charge in [-0.15, -0.1) is 0 Å². The highest BCUT2D eigenvalue weighted by Gasteiger charge is 2.14. The van der Waals surface area contributed by atoms with Gasteiger partial charge < -0.3 is 10.3 Å². The molecule has 0 fully saturated rings. The highest BCUT2D eigenvalue weighted by molar-refractivity contribution is 6.32. The van der Waals surface area contributed by atoms with E-state index in [2.05, 4.69) is 4.98 Å². The molecular formula is C12H13ClFN3. The summed E-state index contributed by atoms with van der Waals surface area (Å²) in [6.45, 7) is 0.504. The number of hydrogen-bond donors (Lipinski definition) is 1. The highest BCUT2D eigenvalue weighted by Crippen LogP contribution is 2.28. The van der Waals surface area contributed by atoms with Crippen LogP contribution >= 0.6 is 11.6 Å². The van der Waals surface area contributed by atoms with Crippen LogP contribution < -0.4 is 5.73 Å². The predicted octanol–water partition coefficient (Wildman–Crippen LogP) is 2.38. The topological polar surface area (TPSA) is 43.8 Å². The summed E-state index contributed by atoms with van der Waals surface area (Å²) in [7, 11) is 1.85. The van der Waals surface area contributed by atoms with Gasteiger partial charge in [-0.1, -0.05) is 23.7 Å². The fraction of sp³-hybridized carbons (Fsp3) is 0.250. The zero-order valence-corrected chi connectivity index (χ0v) is 10.2. The van der Waals surface area contributed by atoms with Gasteiger partial charge in [0.25, 0.3) is 0 Å². The molecular weight excluding hydrogens is 241 g/mol. The SMILES string of the molecule is Cn1c(CCN)nc(Cl)c1-c1cccc(F)c1. The molecule has 3 nitrogen and oxygen atoms in total. The Bertz CT molecular complexity index is 537. The quantitative estimate of drug-likeness (QED) is 0.913. The van der Waals surface area contributed by atoms with E-state index in [1.165, 1.54) is 12.1 Å². The Kier molecular flexibility index (Phi) is 3.45. The summed E-state index contributed by atoms with van der Waals surface area (Å²) in [5.41, 5.74) is 6.93. The molecule has 90 valence electrons. The molecule has 0 aliphatic rings. The molecule has 1 aromatic heterocycles. The molecule has 0 radical (unpaired) electrons. The van der Waals surface area contributed by atoms with E-state index < -0.39 is 0 Å². The maximum absolute atomic E-state index is 13.2. The van der Waals surface area contributed by atoms with E-state index in [-0.39, 0.29) is 5.82 Å². The number of rotatable bonds is 3. The molecule has 1 heterocycles. The fourth-order valence-electron chi connectivity index (χ4n) is 1.81. The minimum atomic E-state index is -0.292. The molecule has 2 rings (SSSR count). The Morgan fingerprint density at radius 1 is 1.47 bits per heavy atom. The van der Waals surface area contributed by atoms with Gasteiger partial charge in [-0.3, -0.25) is 0 Å². The largest absolute Gasteiger partial charge is 0.330 e. The van der Waals surface area contributed by atoms with Crippen LogP contribution in [0, 0.1) is 5.82 Å². The number of aromatic nitrogens is 2. The first kappa shape index (κ1) is 12.1. The predicted molar refractivity (Wildman–Crippen MR) is 66.4 cm³/mol. The Balaban J connectivity index is 2.52. The zero-order chi connectivity index (χ0) is 12.4. The average Bonchev–Trinajstić information content (AvgIpc) is 2.55. The number of nitrogens with zero attached hydrogens (tertiary/aromatic N) is 2. The van der Waals surface area contributed by atoms with Gasteiger partial charge in [0.05, 0.1) is 5.69 Å². The van der Waals surface area contributed by atoms with Gasteiger partial charge in [0, 0.05) is 19.0 Å². The van der Waals surface area contributed by atoms with Crippen LogP contribution in [0.5, 0.6) is 0 Å². The molecule has 0 saturated carbocycles. The molecule has 0 atom stereocenters. The smallest absolute Gasteiger partial charge is 0.155 e. The van der Waals surface area contributed by atoms with Gasteiger partial charge in [0.2, 0.25) is 0 Å². The van der Waals surface area contributed by atoms with E-state index in [1.807, 2.05) is 11.6 Å². The van der Waals surface area contributed by atoms with Crippen LogP contribution in [0.25, 0.3) is 11.3 Å². The Morgan fingerprint density at radius 3 is 2.88 bits per heavy atom. The van der Waals surface area contributed by atoms with Crippen LogP contribution in [0.1, 0.15) is 5.82 Å². The second-order valence-corrected chi connectivity index (χ2v) is 4.13. The van der Waals surface area contributed by atoms with Crippen molar-refractivity contribution in [1.29, 1.82) is 0 Å². The van der Waals surface area contributed by atoms with Crippen molar-refractivity contribution in [2.75, 3.05) is 6.54 Å². The van der Waals surface area contributed by atoms with E-state index in [0.29, 0.717) is 23.7 Å². The molecule has 17 heavy (non-hydrogen) atoms. The molecule has 0 bridgehead atoms. The van der Waals surface area contributed by atoms with Gasteiger partial charge in [-0.2, -0.15) is 0 Å². The third kappa shape index (κ3) is 2.33. The molecule has 0 aliphatic carbocycles. The molecule has 0 unspecified atom stereocenters. The third-order valence-corrected chi connectivity index (χ3v) is 2.87. The van der Waals surface area contributed by atoms with Crippen molar-refractivity contribution in [3.05, 3.63) is 41.1 Å². The van der Waals surface area contributed by atoms with Crippen molar-refractivity contribution < 1.29 is 4.39 Å². The molecule has 2 N–H and O–H groups in total. The van der Waals surface area contributed by atoms with Crippen LogP contribution in [-0.2, 0) is 13.5 Å². The van der Waals surface area contributed by atoms with Crippen molar-refractivity contribution >= 4 is 11.6 Å². The van der Waals surface area contributed by atoms with E-state index in [4.69, 9.17) is 17.3 Å². The monoisotopic (exact) mass is 253 g/mol. The first-order chi connectivity index (χ1) is 8.13. The van der Waals surface area contributed by atoms with Crippen molar-refractivity contribution in [2.45, 2.75) is 6.42 Å². The summed E-state index contributed by atoms with van der Waals surface area (Å²) >= 11 is 6.08. The van der Waals surface area contributed by atoms with Crippen LogP contribution in [0.3, 0.4) is 0 Å². The standard InChI is InChI=1S/C12H13ClFN3/c1-17-10(5-6-15)16-12(13)11(17)8-3-2-4-9(14)7-8/h2-4,7H,5-6,15H2,1H3. The molecule has 5 heteroatoms. The molecule has 2 aromatic rings. The van der Waals surface area contributed by atoms with Gasteiger partial charge >= 0.3 is 0 Å². The second-order valence-electron chi connectivity index (χ2n) is 3.78. The normalized spacial score (nSPS) is 10.8. The summed E-state index contributed by atoms with van der Waals surface area (Å²) < 4.78 is 15.0. The first-order valence-corrected chi connectivity index (χ1v) is 5.68. The maximum atomic E-state index is 13.2. The molecule has 0 saturated heterocycles. The minimum Gasteiger partial charge on any atom is -0.330 e. The highest BCUT2D eigenvalue weighted by atomic mass is 35.5. The molecule has 0 amide bonds. The van der Waals surface area contributed by atoms with E-state index in [1.54, 1.807) is 12.1 Å².